The fraction of sp³-hybridized carbons (Fsp3) is 0.667. The van der Waals surface area contributed by atoms with Crippen molar-refractivity contribution in [1.82, 2.24) is 10.2 Å². The molecule has 1 aliphatic rings. The zero-order valence-electron chi connectivity index (χ0n) is 7.83. The molecule has 1 fully saturated rings. The predicted molar refractivity (Wildman–Crippen MR) is 52.4 cm³/mol. The van der Waals surface area contributed by atoms with Crippen LogP contribution in [0.15, 0.2) is 12.7 Å². The summed E-state index contributed by atoms with van der Waals surface area (Å²) < 4.78 is 0. The average Bonchev–Trinajstić information content (AvgIpc) is 2.61. The molecule has 0 aromatic carbocycles. The smallest absolute Gasteiger partial charge is 0.317 e. The zero-order valence-corrected chi connectivity index (χ0v) is 7.83. The summed E-state index contributed by atoms with van der Waals surface area (Å²) in [5, 5.41) is 2.75. The molecule has 1 atom stereocenters. The monoisotopic (exact) mass is 183 g/mol. The SMILES string of the molecule is C=CCNC(=O)N1CCCC1CN. The van der Waals surface area contributed by atoms with E-state index in [2.05, 4.69) is 11.9 Å². The van der Waals surface area contributed by atoms with Crippen molar-refractivity contribution in [3.8, 4) is 0 Å². The quantitative estimate of drug-likeness (QED) is 0.618. The molecular weight excluding hydrogens is 166 g/mol. The van der Waals surface area contributed by atoms with Gasteiger partial charge in [-0.05, 0) is 12.8 Å². The Morgan fingerprint density at radius 1 is 1.77 bits per heavy atom. The number of nitrogens with two attached hydrogens (primary N) is 1. The van der Waals surface area contributed by atoms with Crippen molar-refractivity contribution in [2.75, 3.05) is 19.6 Å². The molecule has 1 heterocycles. The van der Waals surface area contributed by atoms with Crippen LogP contribution in [0.3, 0.4) is 0 Å². The third-order valence-corrected chi connectivity index (χ3v) is 2.31. The van der Waals surface area contributed by atoms with Gasteiger partial charge in [-0.1, -0.05) is 6.08 Å². The second kappa shape index (κ2) is 4.87. The third kappa shape index (κ3) is 2.45. The summed E-state index contributed by atoms with van der Waals surface area (Å²) in [5.74, 6) is 0. The Balaban J connectivity index is 2.40. The van der Waals surface area contributed by atoms with Crippen molar-refractivity contribution >= 4 is 6.03 Å². The number of carbonyl (C=O) groups excluding carboxylic acids is 1. The Kier molecular flexibility index (Phi) is 3.76. The predicted octanol–water partition coefficient (Wildman–Crippen LogP) is 0.305. The number of rotatable bonds is 3. The molecule has 74 valence electrons. The Hall–Kier alpha value is -1.03. The summed E-state index contributed by atoms with van der Waals surface area (Å²) >= 11 is 0. The summed E-state index contributed by atoms with van der Waals surface area (Å²) in [6, 6.07) is 0.206. The molecule has 0 aromatic heterocycles. The van der Waals surface area contributed by atoms with Crippen LogP contribution < -0.4 is 11.1 Å². The summed E-state index contributed by atoms with van der Waals surface area (Å²) in [7, 11) is 0. The number of nitrogens with one attached hydrogen (secondary N) is 1. The first kappa shape index (κ1) is 10.1. The molecule has 4 heteroatoms. The van der Waals surface area contributed by atoms with Gasteiger partial charge in [-0.25, -0.2) is 4.79 Å². The van der Waals surface area contributed by atoms with E-state index in [-0.39, 0.29) is 12.1 Å². The molecule has 0 saturated carbocycles. The van der Waals surface area contributed by atoms with E-state index in [1.807, 2.05) is 4.90 Å². The number of likely N-dealkylation sites (tertiary alicyclic amines) is 1. The van der Waals surface area contributed by atoms with Crippen molar-refractivity contribution in [2.24, 2.45) is 5.73 Å². The van der Waals surface area contributed by atoms with E-state index < -0.39 is 0 Å². The number of hydrogen-bond donors (Lipinski definition) is 2. The molecule has 0 radical (unpaired) electrons. The Bertz CT molecular complexity index is 193. The van der Waals surface area contributed by atoms with Crippen LogP contribution in [0.4, 0.5) is 4.79 Å². The van der Waals surface area contributed by atoms with E-state index in [9.17, 15) is 4.79 Å². The number of nitrogens with zero attached hydrogens (tertiary/aromatic N) is 1. The highest BCUT2D eigenvalue weighted by Crippen LogP contribution is 2.15. The van der Waals surface area contributed by atoms with Crippen molar-refractivity contribution < 1.29 is 4.79 Å². The summed E-state index contributed by atoms with van der Waals surface area (Å²) in [6.45, 7) is 5.44. The minimum atomic E-state index is -0.0205. The standard InChI is InChI=1S/C9H17N3O/c1-2-5-11-9(13)12-6-3-4-8(12)7-10/h2,8H,1,3-7,10H2,(H,11,13). The highest BCUT2D eigenvalue weighted by Gasteiger charge is 2.26. The molecule has 3 N–H and O–H groups in total. The van der Waals surface area contributed by atoms with Gasteiger partial charge in [0.25, 0.3) is 0 Å². The van der Waals surface area contributed by atoms with Gasteiger partial charge in [0.05, 0.1) is 0 Å². The molecule has 0 aromatic rings. The number of carbonyl (C=O) groups is 1. The normalized spacial score (nSPS) is 21.6. The lowest BCUT2D eigenvalue weighted by atomic mass is 10.2. The Labute approximate surface area is 78.8 Å². The van der Waals surface area contributed by atoms with Gasteiger partial charge >= 0.3 is 6.03 Å². The van der Waals surface area contributed by atoms with Crippen molar-refractivity contribution in [2.45, 2.75) is 18.9 Å². The third-order valence-electron chi connectivity index (χ3n) is 2.31. The number of hydrogen-bond acceptors (Lipinski definition) is 2. The second-order valence-electron chi connectivity index (χ2n) is 3.20. The van der Waals surface area contributed by atoms with Gasteiger partial charge in [-0.3, -0.25) is 0 Å². The maximum atomic E-state index is 11.5. The molecule has 4 nitrogen and oxygen atoms in total. The molecule has 0 spiro atoms. The zero-order chi connectivity index (χ0) is 9.68. The second-order valence-corrected chi connectivity index (χ2v) is 3.20. The molecule has 2 amide bonds. The molecule has 1 saturated heterocycles. The fourth-order valence-electron chi connectivity index (χ4n) is 1.61. The number of amides is 2. The highest BCUT2D eigenvalue weighted by molar-refractivity contribution is 5.75. The van der Waals surface area contributed by atoms with E-state index in [4.69, 9.17) is 5.73 Å². The first-order chi connectivity index (χ1) is 6.29. The van der Waals surface area contributed by atoms with Gasteiger partial charge < -0.3 is 16.0 Å². The van der Waals surface area contributed by atoms with Crippen LogP contribution in [0.2, 0.25) is 0 Å². The summed E-state index contributed by atoms with van der Waals surface area (Å²) in [5.41, 5.74) is 5.55. The lowest BCUT2D eigenvalue weighted by Crippen LogP contribution is -2.45. The van der Waals surface area contributed by atoms with E-state index in [1.54, 1.807) is 6.08 Å². The molecule has 1 rings (SSSR count). The fourth-order valence-corrected chi connectivity index (χ4v) is 1.61. The van der Waals surface area contributed by atoms with E-state index >= 15 is 0 Å². The highest BCUT2D eigenvalue weighted by atomic mass is 16.2. The van der Waals surface area contributed by atoms with E-state index in [1.165, 1.54) is 0 Å². The minimum Gasteiger partial charge on any atom is -0.335 e. The van der Waals surface area contributed by atoms with Gasteiger partial charge in [0.15, 0.2) is 0 Å². The molecule has 0 bridgehead atoms. The van der Waals surface area contributed by atoms with E-state index in [0.29, 0.717) is 13.1 Å². The van der Waals surface area contributed by atoms with Crippen LogP contribution in [0.5, 0.6) is 0 Å². The first-order valence-electron chi connectivity index (χ1n) is 4.65. The molecule has 1 aliphatic heterocycles. The van der Waals surface area contributed by atoms with Gasteiger partial charge in [0, 0.05) is 25.7 Å². The van der Waals surface area contributed by atoms with Crippen LogP contribution in [0.25, 0.3) is 0 Å². The van der Waals surface area contributed by atoms with E-state index in [0.717, 1.165) is 19.4 Å². The lowest BCUT2D eigenvalue weighted by Gasteiger charge is -2.23. The van der Waals surface area contributed by atoms with Crippen LogP contribution in [-0.4, -0.2) is 36.6 Å². The molecule has 13 heavy (non-hydrogen) atoms. The lowest BCUT2D eigenvalue weighted by molar-refractivity contribution is 0.195. The van der Waals surface area contributed by atoms with Crippen LogP contribution in [0.1, 0.15) is 12.8 Å². The Morgan fingerprint density at radius 2 is 2.54 bits per heavy atom. The molecular formula is C9H17N3O. The Morgan fingerprint density at radius 3 is 3.15 bits per heavy atom. The van der Waals surface area contributed by atoms with Crippen LogP contribution in [0, 0.1) is 0 Å². The molecule has 1 unspecified atom stereocenters. The van der Waals surface area contributed by atoms with Gasteiger partial charge in [0.2, 0.25) is 0 Å². The summed E-state index contributed by atoms with van der Waals surface area (Å²) in [4.78, 5) is 13.3. The van der Waals surface area contributed by atoms with Gasteiger partial charge in [0.1, 0.15) is 0 Å². The number of urea groups is 1. The van der Waals surface area contributed by atoms with Gasteiger partial charge in [-0.15, -0.1) is 6.58 Å². The van der Waals surface area contributed by atoms with Crippen molar-refractivity contribution in [3.63, 3.8) is 0 Å². The largest absolute Gasteiger partial charge is 0.335 e. The maximum Gasteiger partial charge on any atom is 0.317 e. The first-order valence-corrected chi connectivity index (χ1v) is 4.65. The van der Waals surface area contributed by atoms with Gasteiger partial charge in [-0.2, -0.15) is 0 Å². The minimum absolute atomic E-state index is 0.0205. The molecule has 0 aliphatic carbocycles. The van der Waals surface area contributed by atoms with Crippen LogP contribution >= 0.6 is 0 Å². The van der Waals surface area contributed by atoms with Crippen LogP contribution in [-0.2, 0) is 0 Å². The maximum absolute atomic E-state index is 11.5. The summed E-state index contributed by atoms with van der Waals surface area (Å²) in [6.07, 6.45) is 3.76. The topological polar surface area (TPSA) is 58.4 Å². The van der Waals surface area contributed by atoms with Crippen molar-refractivity contribution in [3.05, 3.63) is 12.7 Å². The van der Waals surface area contributed by atoms with Crippen molar-refractivity contribution in [1.29, 1.82) is 0 Å². The average molecular weight is 183 g/mol.